The molecule has 0 aliphatic heterocycles. The number of carboxylic acids is 1. The van der Waals surface area contributed by atoms with Gasteiger partial charge in [0.15, 0.2) is 0 Å². The van der Waals surface area contributed by atoms with E-state index in [2.05, 4.69) is 20.8 Å². The average molecular weight is 395 g/mol. The highest BCUT2D eigenvalue weighted by molar-refractivity contribution is 5.67. The second-order valence-electron chi connectivity index (χ2n) is 11.1. The molecule has 4 N–H and O–H groups in total. The lowest BCUT2D eigenvalue weighted by Gasteiger charge is -2.63. The molecule has 0 unspecified atom stereocenters. The summed E-state index contributed by atoms with van der Waals surface area (Å²) >= 11 is 0. The van der Waals surface area contributed by atoms with E-state index in [0.717, 1.165) is 38.5 Å². The van der Waals surface area contributed by atoms with Gasteiger partial charge >= 0.3 is 5.97 Å². The summed E-state index contributed by atoms with van der Waals surface area (Å²) in [5, 5.41) is 41.7. The number of hydrogen-bond donors (Lipinski definition) is 4. The fraction of sp³-hybridized carbons (Fsp3) is 0.957. The lowest BCUT2D eigenvalue weighted by molar-refractivity contribution is -0.223. The van der Waals surface area contributed by atoms with Crippen molar-refractivity contribution in [2.24, 2.45) is 46.3 Å². The van der Waals surface area contributed by atoms with Crippen LogP contribution in [0.2, 0.25) is 0 Å². The smallest absolute Gasteiger partial charge is 0.303 e. The Morgan fingerprint density at radius 1 is 0.929 bits per heavy atom. The molecule has 4 rings (SSSR count). The number of carboxylic acid groups (broad SMARTS) is 1. The molecule has 0 saturated heterocycles. The molecule has 0 heterocycles. The van der Waals surface area contributed by atoms with E-state index in [-0.39, 0.29) is 41.1 Å². The standard InChI is InChI=1S/C23H38O5/c1-12(10-18(25)26)14-4-5-15-19-16(7-9-22(14,15)2)23(3)8-6-13(24)11-17(23)20(27)21(19)28/h12-17,19-21,24,27-28H,4-11H2,1-3H3,(H,25,26)/t12-,13-,14-,15+,16+,17+,19+,20+,21+,22-,23-/m1/s1. The first-order valence-electron chi connectivity index (χ1n) is 11.4. The first-order valence-corrected chi connectivity index (χ1v) is 11.4. The van der Waals surface area contributed by atoms with Crippen LogP contribution in [-0.2, 0) is 4.79 Å². The topological polar surface area (TPSA) is 98.0 Å². The number of fused-ring (bicyclic) bond motifs is 5. The van der Waals surface area contributed by atoms with Crippen LogP contribution in [-0.4, -0.2) is 44.7 Å². The van der Waals surface area contributed by atoms with E-state index in [1.165, 1.54) is 0 Å². The molecule has 0 aromatic rings. The van der Waals surface area contributed by atoms with Gasteiger partial charge in [0.05, 0.1) is 18.3 Å². The molecule has 0 bridgehead atoms. The number of rotatable bonds is 3. The summed E-state index contributed by atoms with van der Waals surface area (Å²) < 4.78 is 0. The summed E-state index contributed by atoms with van der Waals surface area (Å²) in [7, 11) is 0. The van der Waals surface area contributed by atoms with E-state index in [1.807, 2.05) is 0 Å². The van der Waals surface area contributed by atoms with Crippen molar-refractivity contribution in [2.75, 3.05) is 0 Å². The van der Waals surface area contributed by atoms with Gasteiger partial charge in [-0.25, -0.2) is 0 Å². The van der Waals surface area contributed by atoms with Crippen molar-refractivity contribution in [1.82, 2.24) is 0 Å². The van der Waals surface area contributed by atoms with Crippen LogP contribution in [0.15, 0.2) is 0 Å². The molecule has 0 aromatic carbocycles. The van der Waals surface area contributed by atoms with Gasteiger partial charge in [0.1, 0.15) is 0 Å². The molecule has 28 heavy (non-hydrogen) atoms. The van der Waals surface area contributed by atoms with E-state index in [9.17, 15) is 25.2 Å². The maximum Gasteiger partial charge on any atom is 0.303 e. The molecule has 4 fully saturated rings. The Kier molecular flexibility index (Phi) is 5.12. The first-order chi connectivity index (χ1) is 13.1. The minimum Gasteiger partial charge on any atom is -0.481 e. The molecule has 0 amide bonds. The van der Waals surface area contributed by atoms with E-state index < -0.39 is 18.2 Å². The van der Waals surface area contributed by atoms with Crippen LogP contribution in [0.3, 0.4) is 0 Å². The zero-order chi connectivity index (χ0) is 20.4. The molecule has 5 nitrogen and oxygen atoms in total. The van der Waals surface area contributed by atoms with Crippen molar-refractivity contribution in [3.8, 4) is 0 Å². The third kappa shape index (κ3) is 2.87. The normalized spacial score (nSPS) is 54.4. The monoisotopic (exact) mass is 394 g/mol. The fourth-order valence-electron chi connectivity index (χ4n) is 8.63. The molecule has 0 aromatic heterocycles. The summed E-state index contributed by atoms with van der Waals surface area (Å²) in [5.74, 6) is 0.585. The summed E-state index contributed by atoms with van der Waals surface area (Å²) in [6.07, 6.45) is 4.85. The average Bonchev–Trinajstić information content (AvgIpc) is 2.97. The van der Waals surface area contributed by atoms with Crippen molar-refractivity contribution < 1.29 is 25.2 Å². The van der Waals surface area contributed by atoms with Crippen molar-refractivity contribution in [1.29, 1.82) is 0 Å². The van der Waals surface area contributed by atoms with Crippen LogP contribution in [0.5, 0.6) is 0 Å². The predicted octanol–water partition coefficient (Wildman–Crippen LogP) is 3.06. The van der Waals surface area contributed by atoms with E-state index in [0.29, 0.717) is 24.2 Å². The highest BCUT2D eigenvalue weighted by atomic mass is 16.4. The van der Waals surface area contributed by atoms with Gasteiger partial charge in [-0.3, -0.25) is 4.79 Å². The van der Waals surface area contributed by atoms with Crippen molar-refractivity contribution in [3.05, 3.63) is 0 Å². The lowest BCUT2D eigenvalue weighted by atomic mass is 9.43. The molecule has 0 spiro atoms. The van der Waals surface area contributed by atoms with E-state index in [4.69, 9.17) is 0 Å². The summed E-state index contributed by atoms with van der Waals surface area (Å²) in [5.41, 5.74) is 0.0305. The Bertz CT molecular complexity index is 622. The number of aliphatic hydroxyl groups excluding tert-OH is 3. The van der Waals surface area contributed by atoms with Gasteiger partial charge in [-0.2, -0.15) is 0 Å². The quantitative estimate of drug-likeness (QED) is 0.590. The first kappa shape index (κ1) is 20.6. The Morgan fingerprint density at radius 3 is 2.25 bits per heavy atom. The zero-order valence-electron chi connectivity index (χ0n) is 17.6. The molecule has 4 aliphatic rings. The number of hydrogen-bond acceptors (Lipinski definition) is 4. The largest absolute Gasteiger partial charge is 0.481 e. The minimum atomic E-state index is -0.765. The van der Waals surface area contributed by atoms with Gasteiger partial charge in [-0.15, -0.1) is 0 Å². The zero-order valence-corrected chi connectivity index (χ0v) is 17.6. The SMILES string of the molecule is C[C@H](CC(=O)O)[C@H]1CC[C@H]2[C@@H]3[C@H](O)[C@@H](O)[C@@H]4C[C@H](O)CC[C@]4(C)[C@H]3CC[C@]12C. The number of aliphatic hydroxyl groups is 3. The molecule has 0 radical (unpaired) electrons. The maximum atomic E-state index is 11.3. The highest BCUT2D eigenvalue weighted by Crippen LogP contribution is 2.68. The molecule has 160 valence electrons. The van der Waals surface area contributed by atoms with E-state index in [1.54, 1.807) is 0 Å². The number of carbonyl (C=O) groups is 1. The fourth-order valence-corrected chi connectivity index (χ4v) is 8.63. The third-order valence-corrected chi connectivity index (χ3v) is 9.98. The van der Waals surface area contributed by atoms with Gasteiger partial charge in [0.2, 0.25) is 0 Å². The maximum absolute atomic E-state index is 11.3. The van der Waals surface area contributed by atoms with Crippen LogP contribution in [0.25, 0.3) is 0 Å². The van der Waals surface area contributed by atoms with Gasteiger partial charge in [-0.1, -0.05) is 20.8 Å². The van der Waals surface area contributed by atoms with Crippen LogP contribution in [0.1, 0.15) is 72.1 Å². The second kappa shape index (κ2) is 6.95. The summed E-state index contributed by atoms with van der Waals surface area (Å²) in [6, 6.07) is 0. The Morgan fingerprint density at radius 2 is 1.57 bits per heavy atom. The Hall–Kier alpha value is -0.650. The third-order valence-electron chi connectivity index (χ3n) is 9.98. The highest BCUT2D eigenvalue weighted by Gasteiger charge is 2.65. The van der Waals surface area contributed by atoms with Gasteiger partial charge in [-0.05, 0) is 91.3 Å². The van der Waals surface area contributed by atoms with Crippen molar-refractivity contribution >= 4 is 5.97 Å². The van der Waals surface area contributed by atoms with Crippen molar-refractivity contribution in [2.45, 2.75) is 90.4 Å². The molecule has 4 saturated carbocycles. The van der Waals surface area contributed by atoms with Crippen LogP contribution in [0, 0.1) is 46.3 Å². The van der Waals surface area contributed by atoms with Gasteiger partial charge < -0.3 is 20.4 Å². The van der Waals surface area contributed by atoms with Crippen LogP contribution in [0.4, 0.5) is 0 Å². The lowest BCUT2D eigenvalue weighted by Crippen LogP contribution is -2.64. The van der Waals surface area contributed by atoms with Gasteiger partial charge in [0, 0.05) is 6.42 Å². The van der Waals surface area contributed by atoms with E-state index >= 15 is 0 Å². The minimum absolute atomic E-state index is 0.0192. The number of aliphatic carboxylic acids is 1. The van der Waals surface area contributed by atoms with Gasteiger partial charge in [0.25, 0.3) is 0 Å². The predicted molar refractivity (Wildman–Crippen MR) is 105 cm³/mol. The molecular weight excluding hydrogens is 356 g/mol. The molecular formula is C23H38O5. The van der Waals surface area contributed by atoms with Crippen LogP contribution >= 0.6 is 0 Å². The summed E-state index contributed by atoms with van der Waals surface area (Å²) in [6.45, 7) is 6.69. The second-order valence-corrected chi connectivity index (χ2v) is 11.1. The van der Waals surface area contributed by atoms with Crippen molar-refractivity contribution in [3.63, 3.8) is 0 Å². The Balaban J connectivity index is 1.64. The molecule has 5 heteroatoms. The molecule has 4 aliphatic carbocycles. The summed E-state index contributed by atoms with van der Waals surface area (Å²) in [4.78, 5) is 11.3. The molecule has 11 atom stereocenters. The Labute approximate surface area is 168 Å². The van der Waals surface area contributed by atoms with Crippen LogP contribution < -0.4 is 0 Å².